The predicted molar refractivity (Wildman–Crippen MR) is 110 cm³/mol. The Morgan fingerprint density at radius 3 is 2.69 bits per heavy atom. The standard InChI is InChI=1S/C19H28IN3O3/c1-19(2,3)26-18(24)23-11-8-14(12-23)13-25-17-15(20)6-7-16(21-17)22-9-4-5-10-22/h6-7,14H,4-5,8-13H2,1-3H3/t14-/m1/s1. The Kier molecular flexibility index (Phi) is 6.14. The summed E-state index contributed by atoms with van der Waals surface area (Å²) in [4.78, 5) is 21.0. The molecule has 0 N–H and O–H groups in total. The van der Waals surface area contributed by atoms with Crippen molar-refractivity contribution in [3.63, 3.8) is 0 Å². The molecule has 2 aliphatic heterocycles. The van der Waals surface area contributed by atoms with E-state index < -0.39 is 5.60 Å². The predicted octanol–water partition coefficient (Wildman–Crippen LogP) is 3.92. The van der Waals surface area contributed by atoms with Gasteiger partial charge in [0.15, 0.2) is 0 Å². The summed E-state index contributed by atoms with van der Waals surface area (Å²) < 4.78 is 12.5. The molecule has 2 saturated heterocycles. The molecule has 2 fully saturated rings. The molecule has 0 radical (unpaired) electrons. The van der Waals surface area contributed by atoms with Crippen LogP contribution in [0.4, 0.5) is 10.6 Å². The third kappa shape index (κ3) is 5.14. The molecule has 3 heterocycles. The maximum Gasteiger partial charge on any atom is 0.410 e. The number of hydrogen-bond acceptors (Lipinski definition) is 5. The molecule has 0 saturated carbocycles. The van der Waals surface area contributed by atoms with Crippen LogP contribution in [0.15, 0.2) is 12.1 Å². The van der Waals surface area contributed by atoms with Crippen LogP contribution in [0.3, 0.4) is 0 Å². The molecule has 2 aliphatic rings. The van der Waals surface area contributed by atoms with Crippen LogP contribution < -0.4 is 9.64 Å². The third-order valence-corrected chi connectivity index (χ3v) is 5.44. The van der Waals surface area contributed by atoms with Gasteiger partial charge in [-0.15, -0.1) is 0 Å². The summed E-state index contributed by atoms with van der Waals surface area (Å²) in [5.41, 5.74) is -0.457. The van der Waals surface area contributed by atoms with E-state index in [1.807, 2.05) is 20.8 Å². The van der Waals surface area contributed by atoms with Crippen molar-refractivity contribution in [2.24, 2.45) is 5.92 Å². The highest BCUT2D eigenvalue weighted by atomic mass is 127. The molecule has 1 aromatic rings. The molecular weight excluding hydrogens is 445 g/mol. The second-order valence-corrected chi connectivity index (χ2v) is 9.20. The van der Waals surface area contributed by atoms with Gasteiger partial charge in [-0.3, -0.25) is 0 Å². The summed E-state index contributed by atoms with van der Waals surface area (Å²) in [7, 11) is 0. The van der Waals surface area contributed by atoms with Crippen LogP contribution in [-0.4, -0.2) is 54.4 Å². The highest BCUT2D eigenvalue weighted by Crippen LogP contribution is 2.26. The molecule has 0 spiro atoms. The number of rotatable bonds is 4. The lowest BCUT2D eigenvalue weighted by molar-refractivity contribution is 0.0284. The lowest BCUT2D eigenvalue weighted by atomic mass is 10.1. The number of pyridine rings is 1. The number of amides is 1. The number of likely N-dealkylation sites (tertiary alicyclic amines) is 1. The summed E-state index contributed by atoms with van der Waals surface area (Å²) in [5, 5.41) is 0. The smallest absolute Gasteiger partial charge is 0.410 e. The first-order chi connectivity index (χ1) is 12.3. The Bertz CT molecular complexity index is 641. The Labute approximate surface area is 169 Å². The first-order valence-electron chi connectivity index (χ1n) is 9.34. The number of ether oxygens (including phenoxy) is 2. The molecule has 1 amide bonds. The average Bonchev–Trinajstić information content (AvgIpc) is 3.24. The van der Waals surface area contributed by atoms with Gasteiger partial charge < -0.3 is 19.3 Å². The Balaban J connectivity index is 1.53. The SMILES string of the molecule is CC(C)(C)OC(=O)N1CC[C@@H](COc2nc(N3CCCC3)ccc2I)C1. The van der Waals surface area contributed by atoms with E-state index >= 15 is 0 Å². The van der Waals surface area contributed by atoms with Gasteiger partial charge in [-0.25, -0.2) is 4.79 Å². The maximum absolute atomic E-state index is 12.2. The number of hydrogen-bond donors (Lipinski definition) is 0. The largest absolute Gasteiger partial charge is 0.476 e. The molecule has 0 unspecified atom stereocenters. The minimum absolute atomic E-state index is 0.233. The van der Waals surface area contributed by atoms with Gasteiger partial charge in [0.1, 0.15) is 11.4 Å². The molecule has 6 nitrogen and oxygen atoms in total. The fraction of sp³-hybridized carbons (Fsp3) is 0.684. The second-order valence-electron chi connectivity index (χ2n) is 8.04. The van der Waals surface area contributed by atoms with E-state index in [2.05, 4.69) is 39.6 Å². The van der Waals surface area contributed by atoms with Crippen molar-refractivity contribution in [2.75, 3.05) is 37.7 Å². The Morgan fingerprint density at radius 2 is 2.00 bits per heavy atom. The van der Waals surface area contributed by atoms with Crippen molar-refractivity contribution in [3.05, 3.63) is 15.7 Å². The van der Waals surface area contributed by atoms with Gasteiger partial charge >= 0.3 is 6.09 Å². The normalized spacial score (nSPS) is 20.5. The lowest BCUT2D eigenvalue weighted by Crippen LogP contribution is -2.35. The number of carbonyl (C=O) groups excluding carboxylic acids is 1. The number of carbonyl (C=O) groups is 1. The molecule has 0 aromatic carbocycles. The topological polar surface area (TPSA) is 54.9 Å². The minimum atomic E-state index is -0.457. The van der Waals surface area contributed by atoms with Crippen LogP contribution >= 0.6 is 22.6 Å². The van der Waals surface area contributed by atoms with E-state index in [9.17, 15) is 4.79 Å². The fourth-order valence-electron chi connectivity index (χ4n) is 3.30. The third-order valence-electron chi connectivity index (χ3n) is 4.62. The van der Waals surface area contributed by atoms with Gasteiger partial charge in [0.25, 0.3) is 0 Å². The van der Waals surface area contributed by atoms with E-state index in [4.69, 9.17) is 14.5 Å². The summed E-state index contributed by atoms with van der Waals surface area (Å²) in [6, 6.07) is 4.14. The highest BCUT2D eigenvalue weighted by Gasteiger charge is 2.30. The van der Waals surface area contributed by atoms with Gasteiger partial charge in [0.2, 0.25) is 5.88 Å². The highest BCUT2D eigenvalue weighted by molar-refractivity contribution is 14.1. The number of halogens is 1. The van der Waals surface area contributed by atoms with E-state index in [0.717, 1.165) is 35.4 Å². The minimum Gasteiger partial charge on any atom is -0.476 e. The van der Waals surface area contributed by atoms with Crippen molar-refractivity contribution < 1.29 is 14.3 Å². The second kappa shape index (κ2) is 8.19. The van der Waals surface area contributed by atoms with Crippen molar-refractivity contribution in [2.45, 2.75) is 45.6 Å². The average molecular weight is 473 g/mol. The van der Waals surface area contributed by atoms with Gasteiger partial charge in [-0.1, -0.05) is 0 Å². The first-order valence-corrected chi connectivity index (χ1v) is 10.4. The molecular formula is C19H28IN3O3. The van der Waals surface area contributed by atoms with Crippen molar-refractivity contribution in [1.29, 1.82) is 0 Å². The summed E-state index contributed by atoms with van der Waals surface area (Å²) >= 11 is 2.27. The molecule has 26 heavy (non-hydrogen) atoms. The number of anilines is 1. The van der Waals surface area contributed by atoms with E-state index in [-0.39, 0.29) is 6.09 Å². The molecule has 1 aromatic heterocycles. The van der Waals surface area contributed by atoms with Crippen molar-refractivity contribution >= 4 is 34.5 Å². The van der Waals surface area contributed by atoms with Crippen LogP contribution in [0.1, 0.15) is 40.0 Å². The van der Waals surface area contributed by atoms with Crippen molar-refractivity contribution in [3.8, 4) is 5.88 Å². The van der Waals surface area contributed by atoms with Crippen molar-refractivity contribution in [1.82, 2.24) is 9.88 Å². The molecule has 7 heteroatoms. The first kappa shape index (κ1) is 19.5. The maximum atomic E-state index is 12.2. The van der Waals surface area contributed by atoms with Crippen LogP contribution in [0.5, 0.6) is 5.88 Å². The molecule has 1 atom stereocenters. The van der Waals surface area contributed by atoms with E-state index in [1.54, 1.807) is 4.90 Å². The fourth-order valence-corrected chi connectivity index (χ4v) is 3.75. The van der Waals surface area contributed by atoms with E-state index in [1.165, 1.54) is 12.8 Å². The Hall–Kier alpha value is -1.25. The van der Waals surface area contributed by atoms with Crippen LogP contribution in [-0.2, 0) is 4.74 Å². The zero-order valence-electron chi connectivity index (χ0n) is 15.8. The molecule has 0 aliphatic carbocycles. The van der Waals surface area contributed by atoms with Gasteiger partial charge in [-0.05, 0) is 74.8 Å². The molecule has 3 rings (SSSR count). The molecule has 0 bridgehead atoms. The number of nitrogens with zero attached hydrogens (tertiary/aromatic N) is 3. The summed E-state index contributed by atoms with van der Waals surface area (Å²) in [6.45, 7) is 9.79. The monoisotopic (exact) mass is 473 g/mol. The quantitative estimate of drug-likeness (QED) is 0.621. The number of aromatic nitrogens is 1. The summed E-state index contributed by atoms with van der Waals surface area (Å²) in [5.74, 6) is 2.01. The zero-order chi connectivity index (χ0) is 18.7. The zero-order valence-corrected chi connectivity index (χ0v) is 18.0. The van der Waals surface area contributed by atoms with Gasteiger partial charge in [0.05, 0.1) is 10.2 Å². The van der Waals surface area contributed by atoms with Crippen LogP contribution in [0.25, 0.3) is 0 Å². The van der Waals surface area contributed by atoms with Gasteiger partial charge in [-0.2, -0.15) is 4.98 Å². The molecule has 144 valence electrons. The van der Waals surface area contributed by atoms with Crippen LogP contribution in [0, 0.1) is 9.49 Å². The van der Waals surface area contributed by atoms with Crippen LogP contribution in [0.2, 0.25) is 0 Å². The summed E-state index contributed by atoms with van der Waals surface area (Å²) in [6.07, 6.45) is 3.16. The van der Waals surface area contributed by atoms with E-state index in [0.29, 0.717) is 24.9 Å². The Morgan fingerprint density at radius 1 is 1.27 bits per heavy atom. The lowest BCUT2D eigenvalue weighted by Gasteiger charge is -2.24. The van der Waals surface area contributed by atoms with Gasteiger partial charge in [0, 0.05) is 32.1 Å².